The molecule has 3 N–H and O–H groups in total. The number of nitrogens with two attached hydrogens (primary N) is 1. The number of nitrogens with zero attached hydrogens (tertiary/aromatic N) is 3. The minimum Gasteiger partial charge on any atom is -0.368 e. The first-order valence-electron chi connectivity index (χ1n) is 7.72. The summed E-state index contributed by atoms with van der Waals surface area (Å²) >= 11 is 1.46. The minimum atomic E-state index is -0.122. The van der Waals surface area contributed by atoms with E-state index in [-0.39, 0.29) is 11.9 Å². The molecule has 6 nitrogen and oxygen atoms in total. The van der Waals surface area contributed by atoms with Gasteiger partial charge in [-0.3, -0.25) is 4.79 Å². The number of benzene rings is 2. The molecule has 0 fully saturated rings. The Balaban J connectivity index is 1.80. The van der Waals surface area contributed by atoms with Crippen molar-refractivity contribution in [2.75, 3.05) is 11.1 Å². The molecule has 0 radical (unpaired) electrons. The summed E-state index contributed by atoms with van der Waals surface area (Å²) in [6.45, 7) is 3.40. The number of hydrogen-bond acceptors (Lipinski definition) is 6. The maximum atomic E-state index is 11.2. The normalized spacial score (nSPS) is 11.1. The van der Waals surface area contributed by atoms with Crippen molar-refractivity contribution in [2.24, 2.45) is 0 Å². The molecule has 0 saturated carbocycles. The highest BCUT2D eigenvalue weighted by atomic mass is 32.1. The Bertz CT molecular complexity index is 1140. The summed E-state index contributed by atoms with van der Waals surface area (Å²) in [4.78, 5) is 24.1. The lowest BCUT2D eigenvalue weighted by Gasteiger charge is -2.06. The summed E-state index contributed by atoms with van der Waals surface area (Å²) in [5.74, 6) is 0.165. The SMILES string of the molecule is CC(=O)Nc1nc2ccc(-c3ccc4nc(N)nc(C)c4c3)cc2s1. The Morgan fingerprint density at radius 1 is 1.04 bits per heavy atom. The third-order valence-electron chi connectivity index (χ3n) is 3.91. The fraction of sp³-hybridized carbons (Fsp3) is 0.111. The van der Waals surface area contributed by atoms with Gasteiger partial charge in [0.1, 0.15) is 0 Å². The molecule has 124 valence electrons. The molecule has 0 aliphatic rings. The van der Waals surface area contributed by atoms with Crippen LogP contribution in [0.2, 0.25) is 0 Å². The van der Waals surface area contributed by atoms with Gasteiger partial charge in [0.05, 0.1) is 21.4 Å². The lowest BCUT2D eigenvalue weighted by atomic mass is 10.0. The number of aromatic nitrogens is 3. The Morgan fingerprint density at radius 2 is 1.76 bits per heavy atom. The van der Waals surface area contributed by atoms with Gasteiger partial charge in [0.2, 0.25) is 11.9 Å². The van der Waals surface area contributed by atoms with Gasteiger partial charge < -0.3 is 11.1 Å². The molecule has 4 rings (SSSR count). The second kappa shape index (κ2) is 5.78. The van der Waals surface area contributed by atoms with E-state index < -0.39 is 0 Å². The first-order chi connectivity index (χ1) is 12.0. The summed E-state index contributed by atoms with van der Waals surface area (Å²) in [6, 6.07) is 12.1. The van der Waals surface area contributed by atoms with Gasteiger partial charge >= 0.3 is 0 Å². The molecule has 25 heavy (non-hydrogen) atoms. The smallest absolute Gasteiger partial charge is 0.223 e. The standard InChI is InChI=1S/C18H15N5OS/c1-9-13-7-11(3-5-14(13)22-17(19)20-9)12-4-6-15-16(8-12)25-18(23-15)21-10(2)24/h3-8H,1-2H3,(H2,19,20,22)(H,21,23,24). The summed E-state index contributed by atoms with van der Waals surface area (Å²) in [6.07, 6.45) is 0. The largest absolute Gasteiger partial charge is 0.368 e. The lowest BCUT2D eigenvalue weighted by molar-refractivity contribution is -0.114. The number of hydrogen-bond donors (Lipinski definition) is 2. The summed E-state index contributed by atoms with van der Waals surface area (Å²) in [7, 11) is 0. The van der Waals surface area contributed by atoms with E-state index in [0.29, 0.717) is 5.13 Å². The van der Waals surface area contributed by atoms with Crippen LogP contribution in [0.15, 0.2) is 36.4 Å². The zero-order valence-corrected chi connectivity index (χ0v) is 14.5. The van der Waals surface area contributed by atoms with Crippen LogP contribution >= 0.6 is 11.3 Å². The molecule has 0 bridgehead atoms. The van der Waals surface area contributed by atoms with E-state index in [1.165, 1.54) is 18.3 Å². The van der Waals surface area contributed by atoms with Crippen molar-refractivity contribution in [1.29, 1.82) is 0 Å². The topological polar surface area (TPSA) is 93.8 Å². The van der Waals surface area contributed by atoms with Crippen molar-refractivity contribution < 1.29 is 4.79 Å². The average molecular weight is 349 g/mol. The van der Waals surface area contributed by atoms with E-state index in [0.717, 1.165) is 37.9 Å². The molecule has 0 spiro atoms. The number of anilines is 2. The Labute approximate surface area is 147 Å². The van der Waals surface area contributed by atoms with Crippen LogP contribution in [0.5, 0.6) is 0 Å². The van der Waals surface area contributed by atoms with Crippen molar-refractivity contribution in [1.82, 2.24) is 15.0 Å². The number of carbonyl (C=O) groups is 1. The summed E-state index contributed by atoms with van der Waals surface area (Å²) < 4.78 is 1.02. The number of carbonyl (C=O) groups excluding carboxylic acids is 1. The molecule has 0 aliphatic carbocycles. The summed E-state index contributed by atoms with van der Waals surface area (Å²) in [5.41, 5.74) is 10.4. The molecule has 2 aromatic carbocycles. The second-order valence-electron chi connectivity index (χ2n) is 5.78. The van der Waals surface area contributed by atoms with Crippen molar-refractivity contribution >= 4 is 49.4 Å². The van der Waals surface area contributed by atoms with E-state index >= 15 is 0 Å². The molecule has 1 amide bonds. The van der Waals surface area contributed by atoms with Gasteiger partial charge in [-0.1, -0.05) is 23.5 Å². The van der Waals surface area contributed by atoms with Crippen LogP contribution < -0.4 is 11.1 Å². The van der Waals surface area contributed by atoms with Crippen LogP contribution in [0.4, 0.5) is 11.1 Å². The summed E-state index contributed by atoms with van der Waals surface area (Å²) in [5, 5.41) is 4.32. The van der Waals surface area contributed by atoms with Gasteiger partial charge in [-0.25, -0.2) is 15.0 Å². The van der Waals surface area contributed by atoms with Crippen molar-refractivity contribution in [3.8, 4) is 11.1 Å². The molecule has 0 atom stereocenters. The number of amides is 1. The Hall–Kier alpha value is -3.06. The maximum absolute atomic E-state index is 11.2. The molecule has 2 aromatic heterocycles. The number of nitrogen functional groups attached to an aromatic ring is 1. The maximum Gasteiger partial charge on any atom is 0.223 e. The van der Waals surface area contributed by atoms with Crippen LogP contribution in [0.1, 0.15) is 12.6 Å². The number of thiazole rings is 1. The Morgan fingerprint density at radius 3 is 2.52 bits per heavy atom. The fourth-order valence-corrected chi connectivity index (χ4v) is 3.74. The molecule has 0 saturated heterocycles. The van der Waals surface area contributed by atoms with Crippen LogP contribution in [0.25, 0.3) is 32.2 Å². The molecule has 7 heteroatoms. The van der Waals surface area contributed by atoms with Crippen molar-refractivity contribution in [2.45, 2.75) is 13.8 Å². The third kappa shape index (κ3) is 2.89. The number of fused-ring (bicyclic) bond motifs is 2. The van der Waals surface area contributed by atoms with Gasteiger partial charge in [0.25, 0.3) is 0 Å². The average Bonchev–Trinajstić information content (AvgIpc) is 2.94. The quantitative estimate of drug-likeness (QED) is 0.575. The number of aryl methyl sites for hydroxylation is 1. The van der Waals surface area contributed by atoms with Crippen LogP contribution in [0.3, 0.4) is 0 Å². The number of rotatable bonds is 2. The van der Waals surface area contributed by atoms with Crippen molar-refractivity contribution in [3.63, 3.8) is 0 Å². The zero-order chi connectivity index (χ0) is 17.6. The predicted molar refractivity (Wildman–Crippen MR) is 102 cm³/mol. The van der Waals surface area contributed by atoms with Gasteiger partial charge in [-0.05, 0) is 42.3 Å². The first kappa shape index (κ1) is 15.5. The molecule has 0 aliphatic heterocycles. The predicted octanol–water partition coefficient (Wildman–Crippen LogP) is 3.76. The van der Waals surface area contributed by atoms with Crippen LogP contribution in [-0.2, 0) is 4.79 Å². The van der Waals surface area contributed by atoms with Gasteiger partial charge in [-0.2, -0.15) is 0 Å². The number of nitrogens with one attached hydrogen (secondary N) is 1. The highest BCUT2D eigenvalue weighted by Gasteiger charge is 2.09. The van der Waals surface area contributed by atoms with E-state index in [4.69, 9.17) is 5.73 Å². The lowest BCUT2D eigenvalue weighted by Crippen LogP contribution is -2.04. The van der Waals surface area contributed by atoms with E-state index in [9.17, 15) is 4.79 Å². The highest BCUT2D eigenvalue weighted by Crippen LogP contribution is 2.32. The van der Waals surface area contributed by atoms with Gasteiger partial charge in [0, 0.05) is 12.3 Å². The monoisotopic (exact) mass is 349 g/mol. The molecule has 2 heterocycles. The zero-order valence-electron chi connectivity index (χ0n) is 13.7. The third-order valence-corrected chi connectivity index (χ3v) is 4.84. The molecule has 4 aromatic rings. The first-order valence-corrected chi connectivity index (χ1v) is 8.54. The van der Waals surface area contributed by atoms with Gasteiger partial charge in [-0.15, -0.1) is 0 Å². The van der Waals surface area contributed by atoms with Gasteiger partial charge in [0.15, 0.2) is 5.13 Å². The minimum absolute atomic E-state index is 0.122. The van der Waals surface area contributed by atoms with E-state index in [2.05, 4.69) is 32.4 Å². The molecular weight excluding hydrogens is 334 g/mol. The van der Waals surface area contributed by atoms with E-state index in [1.54, 1.807) is 0 Å². The van der Waals surface area contributed by atoms with Crippen molar-refractivity contribution in [3.05, 3.63) is 42.1 Å². The van der Waals surface area contributed by atoms with Crippen LogP contribution in [0, 0.1) is 6.92 Å². The molecule has 0 unspecified atom stereocenters. The van der Waals surface area contributed by atoms with Crippen LogP contribution in [-0.4, -0.2) is 20.9 Å². The fourth-order valence-electron chi connectivity index (χ4n) is 2.79. The highest BCUT2D eigenvalue weighted by molar-refractivity contribution is 7.22. The molecular formula is C18H15N5OS. The Kier molecular flexibility index (Phi) is 3.58. The van der Waals surface area contributed by atoms with E-state index in [1.807, 2.05) is 31.2 Å². The second-order valence-corrected chi connectivity index (χ2v) is 6.81.